The summed E-state index contributed by atoms with van der Waals surface area (Å²) in [5.74, 6) is 0. The van der Waals surface area contributed by atoms with E-state index in [0.717, 1.165) is 21.8 Å². The summed E-state index contributed by atoms with van der Waals surface area (Å²) in [6, 6.07) is 3.93. The monoisotopic (exact) mass is 185 g/mol. The largest absolute Gasteiger partial charge is 0.187 e. The topological polar surface area (TPSA) is 56.5 Å². The van der Waals surface area contributed by atoms with E-state index in [1.165, 1.54) is 0 Å². The minimum atomic E-state index is 0.882. The molecule has 68 valence electrons. The maximum atomic E-state index is 4.22. The molecule has 0 saturated carbocycles. The van der Waals surface area contributed by atoms with E-state index in [-0.39, 0.29) is 0 Å². The molecule has 0 aliphatic carbocycles. The van der Waals surface area contributed by atoms with Crippen LogP contribution in [0.15, 0.2) is 24.5 Å². The fraction of sp³-hybridized carbons (Fsp3) is 0.111. The average molecular weight is 185 g/mol. The molecule has 0 aliphatic heterocycles. The van der Waals surface area contributed by atoms with Gasteiger partial charge in [-0.15, -0.1) is 0 Å². The zero-order valence-corrected chi connectivity index (χ0v) is 7.55. The summed E-state index contributed by atoms with van der Waals surface area (Å²) >= 11 is 0. The Morgan fingerprint density at radius 2 is 1.43 bits per heavy atom. The van der Waals surface area contributed by atoms with Gasteiger partial charge >= 0.3 is 0 Å². The molecule has 0 N–H and O–H groups in total. The SMILES string of the molecule is Cn1nc2cc3cnncc3cc2n1. The normalized spacial score (nSPS) is 11.2. The van der Waals surface area contributed by atoms with Crippen LogP contribution in [0.2, 0.25) is 0 Å². The Balaban J connectivity index is 2.51. The molecule has 3 aromatic rings. The van der Waals surface area contributed by atoms with Crippen LogP contribution in [0.25, 0.3) is 21.8 Å². The molecular formula is C9H7N5. The van der Waals surface area contributed by atoms with Gasteiger partial charge in [0.15, 0.2) is 0 Å². The van der Waals surface area contributed by atoms with Crippen LogP contribution in [-0.4, -0.2) is 25.2 Å². The lowest BCUT2D eigenvalue weighted by Crippen LogP contribution is -1.90. The van der Waals surface area contributed by atoms with Gasteiger partial charge in [0.2, 0.25) is 0 Å². The fourth-order valence-corrected chi connectivity index (χ4v) is 1.52. The highest BCUT2D eigenvalue weighted by atomic mass is 15.4. The van der Waals surface area contributed by atoms with Crippen molar-refractivity contribution in [3.63, 3.8) is 0 Å². The van der Waals surface area contributed by atoms with E-state index in [1.54, 1.807) is 24.2 Å². The van der Waals surface area contributed by atoms with E-state index in [1.807, 2.05) is 12.1 Å². The van der Waals surface area contributed by atoms with E-state index in [2.05, 4.69) is 20.4 Å². The van der Waals surface area contributed by atoms with Crippen LogP contribution in [0.4, 0.5) is 0 Å². The first kappa shape index (κ1) is 7.37. The van der Waals surface area contributed by atoms with Gasteiger partial charge in [-0.25, -0.2) is 0 Å². The summed E-state index contributed by atoms with van der Waals surface area (Å²) in [7, 11) is 1.81. The van der Waals surface area contributed by atoms with Gasteiger partial charge in [-0.2, -0.15) is 25.2 Å². The average Bonchev–Trinajstić information content (AvgIpc) is 2.53. The summed E-state index contributed by atoms with van der Waals surface area (Å²) in [5.41, 5.74) is 1.76. The molecule has 2 aromatic heterocycles. The number of hydrogen-bond donors (Lipinski definition) is 0. The number of nitrogens with zero attached hydrogens (tertiary/aromatic N) is 5. The van der Waals surface area contributed by atoms with Gasteiger partial charge in [-0.05, 0) is 12.1 Å². The minimum Gasteiger partial charge on any atom is -0.187 e. The molecule has 5 nitrogen and oxygen atoms in total. The molecule has 2 heterocycles. The van der Waals surface area contributed by atoms with Gasteiger partial charge in [-0.1, -0.05) is 0 Å². The van der Waals surface area contributed by atoms with Crippen molar-refractivity contribution in [3.8, 4) is 0 Å². The fourth-order valence-electron chi connectivity index (χ4n) is 1.52. The van der Waals surface area contributed by atoms with Crippen LogP contribution in [-0.2, 0) is 7.05 Å². The highest BCUT2D eigenvalue weighted by Gasteiger charge is 2.02. The predicted molar refractivity (Wildman–Crippen MR) is 51.6 cm³/mol. The van der Waals surface area contributed by atoms with Crippen molar-refractivity contribution >= 4 is 21.8 Å². The van der Waals surface area contributed by atoms with Crippen molar-refractivity contribution in [2.24, 2.45) is 7.05 Å². The molecule has 5 heteroatoms. The first-order chi connectivity index (χ1) is 6.83. The van der Waals surface area contributed by atoms with Gasteiger partial charge in [0.1, 0.15) is 11.0 Å². The molecule has 0 unspecified atom stereocenters. The van der Waals surface area contributed by atoms with Crippen LogP contribution in [0, 0.1) is 0 Å². The molecule has 3 rings (SSSR count). The van der Waals surface area contributed by atoms with Crippen molar-refractivity contribution in [2.45, 2.75) is 0 Å². The number of hydrogen-bond acceptors (Lipinski definition) is 4. The molecule has 14 heavy (non-hydrogen) atoms. The molecule has 0 saturated heterocycles. The first-order valence-corrected chi connectivity index (χ1v) is 4.24. The second-order valence-electron chi connectivity index (χ2n) is 3.15. The molecule has 0 amide bonds. The Morgan fingerprint density at radius 1 is 0.929 bits per heavy atom. The van der Waals surface area contributed by atoms with E-state index in [4.69, 9.17) is 0 Å². The van der Waals surface area contributed by atoms with Crippen LogP contribution >= 0.6 is 0 Å². The quantitative estimate of drug-likeness (QED) is 0.522. The summed E-state index contributed by atoms with van der Waals surface area (Å²) in [6.45, 7) is 0. The summed E-state index contributed by atoms with van der Waals surface area (Å²) < 4.78 is 0. The van der Waals surface area contributed by atoms with E-state index in [0.29, 0.717) is 0 Å². The highest BCUT2D eigenvalue weighted by Crippen LogP contribution is 2.17. The Labute approximate surface area is 79.4 Å². The third-order valence-electron chi connectivity index (χ3n) is 2.15. The highest BCUT2D eigenvalue weighted by molar-refractivity contribution is 5.93. The van der Waals surface area contributed by atoms with Crippen molar-refractivity contribution in [3.05, 3.63) is 24.5 Å². The third-order valence-corrected chi connectivity index (χ3v) is 2.15. The third kappa shape index (κ3) is 0.953. The molecule has 0 aliphatic rings. The number of rotatable bonds is 0. The maximum absolute atomic E-state index is 4.22. The standard InChI is InChI=1S/C9H7N5/c1-14-12-8-2-6-4-10-11-5-7(6)3-9(8)13-14/h2-5H,1H3. The molecular weight excluding hydrogens is 178 g/mol. The Bertz CT molecular complexity index is 560. The zero-order chi connectivity index (χ0) is 9.54. The van der Waals surface area contributed by atoms with Gasteiger partial charge in [0.25, 0.3) is 0 Å². The number of aryl methyl sites for hydroxylation is 1. The smallest absolute Gasteiger partial charge is 0.113 e. The molecule has 0 spiro atoms. The van der Waals surface area contributed by atoms with E-state index >= 15 is 0 Å². The lowest BCUT2D eigenvalue weighted by Gasteiger charge is -1.93. The number of benzene rings is 1. The van der Waals surface area contributed by atoms with E-state index in [9.17, 15) is 0 Å². The summed E-state index contributed by atoms with van der Waals surface area (Å²) in [4.78, 5) is 1.56. The second-order valence-corrected chi connectivity index (χ2v) is 3.15. The van der Waals surface area contributed by atoms with Gasteiger partial charge in [0, 0.05) is 17.8 Å². The Hall–Kier alpha value is -2.04. The molecule has 0 fully saturated rings. The van der Waals surface area contributed by atoms with Crippen LogP contribution in [0.1, 0.15) is 0 Å². The summed E-state index contributed by atoms with van der Waals surface area (Å²) in [6.07, 6.45) is 3.45. The first-order valence-electron chi connectivity index (χ1n) is 4.24. The summed E-state index contributed by atoms with van der Waals surface area (Å²) in [5, 5.41) is 18.2. The predicted octanol–water partition coefficient (Wildman–Crippen LogP) is 0.911. The van der Waals surface area contributed by atoms with Crippen LogP contribution in [0.3, 0.4) is 0 Å². The maximum Gasteiger partial charge on any atom is 0.113 e. The molecule has 0 bridgehead atoms. The van der Waals surface area contributed by atoms with Crippen LogP contribution in [0.5, 0.6) is 0 Å². The van der Waals surface area contributed by atoms with Gasteiger partial charge in [-0.3, -0.25) is 0 Å². The van der Waals surface area contributed by atoms with Crippen molar-refractivity contribution in [1.82, 2.24) is 25.2 Å². The van der Waals surface area contributed by atoms with Crippen molar-refractivity contribution in [2.75, 3.05) is 0 Å². The van der Waals surface area contributed by atoms with Gasteiger partial charge < -0.3 is 0 Å². The molecule has 0 atom stereocenters. The van der Waals surface area contributed by atoms with Crippen molar-refractivity contribution in [1.29, 1.82) is 0 Å². The molecule has 0 radical (unpaired) electrons. The van der Waals surface area contributed by atoms with Gasteiger partial charge in [0.05, 0.1) is 12.4 Å². The van der Waals surface area contributed by atoms with Crippen molar-refractivity contribution < 1.29 is 0 Å². The number of fused-ring (bicyclic) bond motifs is 2. The Kier molecular flexibility index (Phi) is 1.30. The zero-order valence-electron chi connectivity index (χ0n) is 7.55. The van der Waals surface area contributed by atoms with E-state index < -0.39 is 0 Å². The second kappa shape index (κ2) is 2.47. The minimum absolute atomic E-state index is 0.882. The molecule has 1 aromatic carbocycles. The lowest BCUT2D eigenvalue weighted by atomic mass is 10.2. The Morgan fingerprint density at radius 3 is 1.93 bits per heavy atom. The van der Waals surface area contributed by atoms with Crippen LogP contribution < -0.4 is 0 Å². The number of aromatic nitrogens is 5. The lowest BCUT2D eigenvalue weighted by molar-refractivity contribution is 0.665.